The maximum absolute atomic E-state index is 13.5. The summed E-state index contributed by atoms with van der Waals surface area (Å²) in [5, 5.41) is 22.4. The van der Waals surface area contributed by atoms with Crippen molar-refractivity contribution in [2.45, 2.75) is 18.3 Å². The second-order valence-corrected chi connectivity index (χ2v) is 10.5. The van der Waals surface area contributed by atoms with E-state index < -0.39 is 21.4 Å². The van der Waals surface area contributed by atoms with Gasteiger partial charge in [-0.15, -0.1) is 10.2 Å². The SMILES string of the molecule is COc1cccc(OC)c1-n1c(NS(=O)(=O)C(C)C(O)c2cn3ccccc3n2)nnc1-c1ccn(C)n1. The van der Waals surface area contributed by atoms with Gasteiger partial charge in [-0.25, -0.2) is 13.4 Å². The van der Waals surface area contributed by atoms with Crippen molar-refractivity contribution in [2.24, 2.45) is 7.05 Å². The Bertz CT molecular complexity index is 1650. The van der Waals surface area contributed by atoms with E-state index in [9.17, 15) is 13.5 Å². The number of pyridine rings is 1. The molecule has 13 nitrogen and oxygen atoms in total. The first-order chi connectivity index (χ1) is 18.2. The van der Waals surface area contributed by atoms with Crippen LogP contribution in [0.25, 0.3) is 22.9 Å². The Labute approximate surface area is 218 Å². The number of benzene rings is 1. The van der Waals surface area contributed by atoms with Crippen LogP contribution in [0, 0.1) is 0 Å². The number of methoxy groups -OCH3 is 2. The van der Waals surface area contributed by atoms with Gasteiger partial charge in [0.25, 0.3) is 0 Å². The van der Waals surface area contributed by atoms with Crippen LogP contribution in [0.2, 0.25) is 0 Å². The number of ether oxygens (including phenoxy) is 2. The normalized spacial score (nSPS) is 13.4. The van der Waals surface area contributed by atoms with Gasteiger partial charge in [0.05, 0.1) is 19.9 Å². The summed E-state index contributed by atoms with van der Waals surface area (Å²) in [7, 11) is 0.511. The lowest BCUT2D eigenvalue weighted by atomic mass is 10.2. The summed E-state index contributed by atoms with van der Waals surface area (Å²) in [6.45, 7) is 1.39. The van der Waals surface area contributed by atoms with E-state index in [1.54, 1.807) is 71.1 Å². The van der Waals surface area contributed by atoms with E-state index in [2.05, 4.69) is 25.0 Å². The van der Waals surface area contributed by atoms with Gasteiger partial charge in [0.2, 0.25) is 16.0 Å². The van der Waals surface area contributed by atoms with E-state index >= 15 is 0 Å². The van der Waals surface area contributed by atoms with Crippen LogP contribution in [0.15, 0.2) is 61.1 Å². The number of aliphatic hydroxyl groups is 1. The van der Waals surface area contributed by atoms with E-state index in [1.807, 2.05) is 6.07 Å². The van der Waals surface area contributed by atoms with E-state index in [0.29, 0.717) is 28.5 Å². The summed E-state index contributed by atoms with van der Waals surface area (Å²) in [6, 6.07) is 12.2. The molecule has 5 rings (SSSR count). The lowest BCUT2D eigenvalue weighted by Gasteiger charge is -2.20. The average molecular weight is 539 g/mol. The minimum absolute atomic E-state index is 0.137. The molecule has 0 aliphatic carbocycles. The molecule has 0 aliphatic rings. The van der Waals surface area contributed by atoms with Gasteiger partial charge in [0, 0.05) is 25.6 Å². The molecule has 2 atom stereocenters. The molecule has 0 bridgehead atoms. The first-order valence-electron chi connectivity index (χ1n) is 11.5. The first-order valence-corrected chi connectivity index (χ1v) is 13.1. The molecule has 198 valence electrons. The number of hydrogen-bond donors (Lipinski definition) is 2. The Morgan fingerprint density at radius 3 is 2.37 bits per heavy atom. The number of aryl methyl sites for hydroxylation is 1. The van der Waals surface area contributed by atoms with Crippen LogP contribution in [0.4, 0.5) is 5.95 Å². The first kappa shape index (κ1) is 25.2. The molecule has 0 spiro atoms. The number of imidazole rings is 1. The van der Waals surface area contributed by atoms with Gasteiger partial charge >= 0.3 is 0 Å². The van der Waals surface area contributed by atoms with Crippen molar-refractivity contribution in [3.63, 3.8) is 0 Å². The zero-order valence-electron chi connectivity index (χ0n) is 21.0. The molecular formula is C24H26N8O5S. The number of anilines is 1. The summed E-state index contributed by atoms with van der Waals surface area (Å²) in [5.41, 5.74) is 1.61. The number of aromatic nitrogens is 7. The van der Waals surface area contributed by atoms with Crippen LogP contribution in [-0.4, -0.2) is 66.9 Å². The molecule has 4 heterocycles. The van der Waals surface area contributed by atoms with Gasteiger partial charge in [-0.2, -0.15) is 5.10 Å². The predicted molar refractivity (Wildman–Crippen MR) is 139 cm³/mol. The average Bonchev–Trinajstić information content (AvgIpc) is 3.65. The van der Waals surface area contributed by atoms with Crippen molar-refractivity contribution in [1.29, 1.82) is 0 Å². The monoisotopic (exact) mass is 538 g/mol. The molecule has 0 aliphatic heterocycles. The molecule has 0 fully saturated rings. The Morgan fingerprint density at radius 2 is 1.74 bits per heavy atom. The highest BCUT2D eigenvalue weighted by Gasteiger charge is 2.34. The quantitative estimate of drug-likeness (QED) is 0.288. The minimum Gasteiger partial charge on any atom is -0.494 e. The van der Waals surface area contributed by atoms with E-state index in [4.69, 9.17) is 9.47 Å². The second kappa shape index (κ2) is 9.79. The smallest absolute Gasteiger partial charge is 0.243 e. The molecule has 2 unspecified atom stereocenters. The summed E-state index contributed by atoms with van der Waals surface area (Å²) >= 11 is 0. The predicted octanol–water partition coefficient (Wildman–Crippen LogP) is 2.20. The fraction of sp³-hybridized carbons (Fsp3) is 0.250. The van der Waals surface area contributed by atoms with Gasteiger partial charge < -0.3 is 19.0 Å². The van der Waals surface area contributed by atoms with Gasteiger partial charge in [0.1, 0.15) is 39.9 Å². The highest BCUT2D eigenvalue weighted by atomic mass is 32.2. The Balaban J connectivity index is 1.58. The van der Waals surface area contributed by atoms with Crippen LogP contribution in [0.1, 0.15) is 18.7 Å². The van der Waals surface area contributed by atoms with Gasteiger partial charge in [-0.05, 0) is 37.3 Å². The summed E-state index contributed by atoms with van der Waals surface area (Å²) < 4.78 is 45.4. The van der Waals surface area contributed by atoms with Crippen LogP contribution >= 0.6 is 0 Å². The lowest BCUT2D eigenvalue weighted by molar-refractivity contribution is 0.172. The Hall–Kier alpha value is -4.43. The molecule has 38 heavy (non-hydrogen) atoms. The zero-order chi connectivity index (χ0) is 27.0. The van der Waals surface area contributed by atoms with Gasteiger partial charge in [0.15, 0.2) is 5.82 Å². The number of rotatable bonds is 9. The zero-order valence-corrected chi connectivity index (χ0v) is 21.9. The standard InChI is InChI=1S/C24H26N8O5S/c1-15(22(33)17-14-31-12-6-5-10-20(31)25-17)38(34,35)29-24-27-26-23(16-11-13-30(2)28-16)32(24)21-18(36-3)8-7-9-19(21)37-4/h5-15,22,33H,1-4H3,(H,27,29). The minimum atomic E-state index is -4.21. The fourth-order valence-corrected chi connectivity index (χ4v) is 5.09. The molecule has 0 saturated carbocycles. The third-order valence-electron chi connectivity index (χ3n) is 6.08. The second-order valence-electron chi connectivity index (χ2n) is 8.50. The third kappa shape index (κ3) is 4.43. The number of para-hydroxylation sites is 1. The van der Waals surface area contributed by atoms with Crippen molar-refractivity contribution in [3.05, 3.63) is 66.7 Å². The highest BCUT2D eigenvalue weighted by Crippen LogP contribution is 2.37. The highest BCUT2D eigenvalue weighted by molar-refractivity contribution is 7.93. The summed E-state index contributed by atoms with van der Waals surface area (Å²) in [4.78, 5) is 4.35. The van der Waals surface area contributed by atoms with Crippen LogP contribution < -0.4 is 14.2 Å². The molecule has 4 aromatic heterocycles. The number of aliphatic hydroxyl groups excluding tert-OH is 1. The van der Waals surface area contributed by atoms with Crippen LogP contribution in [-0.2, 0) is 17.1 Å². The molecule has 0 radical (unpaired) electrons. The number of sulfonamides is 1. The molecule has 0 saturated heterocycles. The van der Waals surface area contributed by atoms with E-state index in [1.165, 1.54) is 25.7 Å². The largest absolute Gasteiger partial charge is 0.494 e. The number of nitrogens with zero attached hydrogens (tertiary/aromatic N) is 7. The van der Waals surface area contributed by atoms with Crippen LogP contribution in [0.5, 0.6) is 11.5 Å². The van der Waals surface area contributed by atoms with Crippen molar-refractivity contribution in [1.82, 2.24) is 33.9 Å². The summed E-state index contributed by atoms with van der Waals surface area (Å²) in [6.07, 6.45) is 3.66. The molecule has 5 aromatic rings. The van der Waals surface area contributed by atoms with E-state index in [-0.39, 0.29) is 17.5 Å². The Kier molecular flexibility index (Phi) is 6.50. The molecule has 14 heteroatoms. The topological polar surface area (TPSA) is 151 Å². The summed E-state index contributed by atoms with van der Waals surface area (Å²) in [5.74, 6) is 0.890. The number of fused-ring (bicyclic) bond motifs is 1. The number of nitrogens with one attached hydrogen (secondary N) is 1. The fourth-order valence-electron chi connectivity index (χ4n) is 4.04. The molecule has 0 amide bonds. The van der Waals surface area contributed by atoms with Crippen molar-refractivity contribution >= 4 is 21.6 Å². The Morgan fingerprint density at radius 1 is 1.00 bits per heavy atom. The van der Waals surface area contributed by atoms with Crippen molar-refractivity contribution < 1.29 is 23.0 Å². The van der Waals surface area contributed by atoms with Crippen LogP contribution in [0.3, 0.4) is 0 Å². The lowest BCUT2D eigenvalue weighted by Crippen LogP contribution is -2.32. The van der Waals surface area contributed by atoms with Gasteiger partial charge in [-0.3, -0.25) is 14.0 Å². The number of hydrogen-bond acceptors (Lipinski definition) is 9. The maximum atomic E-state index is 13.5. The van der Waals surface area contributed by atoms with E-state index in [0.717, 1.165) is 0 Å². The third-order valence-corrected chi connectivity index (χ3v) is 7.79. The molecule has 1 aromatic carbocycles. The maximum Gasteiger partial charge on any atom is 0.243 e. The van der Waals surface area contributed by atoms with Crippen molar-refractivity contribution in [2.75, 3.05) is 18.9 Å². The molecule has 2 N–H and O–H groups in total. The molecular weight excluding hydrogens is 512 g/mol. The van der Waals surface area contributed by atoms with Gasteiger partial charge in [-0.1, -0.05) is 12.1 Å². The van der Waals surface area contributed by atoms with Crippen molar-refractivity contribution in [3.8, 4) is 28.7 Å².